The van der Waals surface area contributed by atoms with Gasteiger partial charge in [-0.3, -0.25) is 9.79 Å². The van der Waals surface area contributed by atoms with E-state index in [1.54, 1.807) is 12.1 Å². The van der Waals surface area contributed by atoms with E-state index in [4.69, 9.17) is 0 Å². The van der Waals surface area contributed by atoms with Gasteiger partial charge in [-0.15, -0.1) is 0 Å². The highest BCUT2D eigenvalue weighted by Crippen LogP contribution is 2.50. The number of carbonyl (C=O) groups excluding carboxylic acids is 1. The minimum absolute atomic E-state index is 0.259. The molecule has 1 unspecified atom stereocenters. The third kappa shape index (κ3) is 2.66. The number of hydrogen-bond acceptors (Lipinski definition) is 2. The number of nitrogens with zero attached hydrogens (tertiary/aromatic N) is 1. The van der Waals surface area contributed by atoms with E-state index >= 15 is 0 Å². The third-order valence-electron chi connectivity index (χ3n) is 3.22. The van der Waals surface area contributed by atoms with Crippen molar-refractivity contribution in [2.24, 2.45) is 10.9 Å². The lowest BCUT2D eigenvalue weighted by atomic mass is 9.87. The molecule has 0 saturated heterocycles. The van der Waals surface area contributed by atoms with Crippen molar-refractivity contribution in [1.82, 2.24) is 0 Å². The summed E-state index contributed by atoms with van der Waals surface area (Å²) < 4.78 is 15.6. The fraction of sp³-hybridized carbons (Fsp3) is 0.385. The first-order valence-electron chi connectivity index (χ1n) is 5.64. The van der Waals surface area contributed by atoms with Crippen molar-refractivity contribution in [1.29, 1.82) is 0 Å². The SMILES string of the molecule is O=CC=NC(CI)(c1cc(Br)ccc1F)C1CC1. The minimum atomic E-state index is -0.602. The summed E-state index contributed by atoms with van der Waals surface area (Å²) in [6.07, 6.45) is 3.97. The van der Waals surface area contributed by atoms with Gasteiger partial charge in [0.15, 0.2) is 6.29 Å². The van der Waals surface area contributed by atoms with E-state index in [1.807, 2.05) is 0 Å². The quantitative estimate of drug-likeness (QED) is 0.305. The molecule has 0 bridgehead atoms. The molecule has 2 nitrogen and oxygen atoms in total. The van der Waals surface area contributed by atoms with Crippen molar-refractivity contribution in [3.63, 3.8) is 0 Å². The highest BCUT2D eigenvalue weighted by molar-refractivity contribution is 14.1. The second-order valence-electron chi connectivity index (χ2n) is 4.37. The molecule has 5 heteroatoms. The van der Waals surface area contributed by atoms with Crippen LogP contribution >= 0.6 is 38.5 Å². The van der Waals surface area contributed by atoms with Crippen LogP contribution in [0.25, 0.3) is 0 Å². The summed E-state index contributed by atoms with van der Waals surface area (Å²) in [5.74, 6) is 0.0687. The molecule has 0 heterocycles. The maximum absolute atomic E-state index is 14.1. The summed E-state index contributed by atoms with van der Waals surface area (Å²) in [5.41, 5.74) is -0.0260. The molecule has 0 radical (unpaired) electrons. The van der Waals surface area contributed by atoms with Crippen LogP contribution in [0.15, 0.2) is 27.7 Å². The smallest absolute Gasteiger partial charge is 0.160 e. The van der Waals surface area contributed by atoms with Crippen LogP contribution in [0, 0.1) is 11.7 Å². The summed E-state index contributed by atoms with van der Waals surface area (Å²) in [7, 11) is 0. The summed E-state index contributed by atoms with van der Waals surface area (Å²) in [6, 6.07) is 4.89. The van der Waals surface area contributed by atoms with Crippen molar-refractivity contribution in [3.05, 3.63) is 34.1 Å². The van der Waals surface area contributed by atoms with Crippen molar-refractivity contribution >= 4 is 51.0 Å². The monoisotopic (exact) mass is 423 g/mol. The molecule has 1 aliphatic carbocycles. The van der Waals surface area contributed by atoms with Gasteiger partial charge >= 0.3 is 0 Å². The molecule has 0 amide bonds. The first-order chi connectivity index (χ1) is 8.64. The van der Waals surface area contributed by atoms with E-state index in [2.05, 4.69) is 43.5 Å². The summed E-state index contributed by atoms with van der Waals surface area (Å²) >= 11 is 5.58. The highest BCUT2D eigenvalue weighted by atomic mass is 127. The Kier molecular flexibility index (Phi) is 4.53. The van der Waals surface area contributed by atoms with Crippen LogP contribution in [0.5, 0.6) is 0 Å². The van der Waals surface area contributed by atoms with Crippen molar-refractivity contribution in [3.8, 4) is 0 Å². The topological polar surface area (TPSA) is 29.4 Å². The number of hydrogen-bond donors (Lipinski definition) is 0. The van der Waals surface area contributed by atoms with Crippen molar-refractivity contribution in [2.45, 2.75) is 18.4 Å². The normalized spacial score (nSPS) is 18.8. The number of aldehydes is 1. The maximum Gasteiger partial charge on any atom is 0.160 e. The maximum atomic E-state index is 14.1. The molecule has 1 aliphatic rings. The van der Waals surface area contributed by atoms with Crippen LogP contribution < -0.4 is 0 Å². The van der Waals surface area contributed by atoms with Gasteiger partial charge in [-0.1, -0.05) is 38.5 Å². The zero-order valence-corrected chi connectivity index (χ0v) is 13.3. The molecule has 1 fully saturated rings. The van der Waals surface area contributed by atoms with Crippen LogP contribution in [-0.4, -0.2) is 16.9 Å². The summed E-state index contributed by atoms with van der Waals surface area (Å²) in [4.78, 5) is 14.9. The van der Waals surface area contributed by atoms with Crippen molar-refractivity contribution < 1.29 is 9.18 Å². The second kappa shape index (κ2) is 5.77. The summed E-state index contributed by atoms with van der Waals surface area (Å²) in [6.45, 7) is 0. The zero-order valence-electron chi connectivity index (χ0n) is 9.57. The first-order valence-corrected chi connectivity index (χ1v) is 7.96. The molecule has 1 atom stereocenters. The van der Waals surface area contributed by atoms with E-state index in [9.17, 15) is 9.18 Å². The third-order valence-corrected chi connectivity index (χ3v) is 4.87. The number of benzene rings is 1. The second-order valence-corrected chi connectivity index (χ2v) is 6.05. The standard InChI is InChI=1S/C13H12BrFINO/c14-10-3-4-12(15)11(7-10)13(8-16,9-1-2-9)17-5-6-18/h3-7,9H,1-2,8H2. The molecule has 1 saturated carbocycles. The predicted octanol–water partition coefficient (Wildman–Crippen LogP) is 3.90. The summed E-state index contributed by atoms with van der Waals surface area (Å²) in [5, 5.41) is 0. The molecule has 0 N–H and O–H groups in total. The van der Waals surface area contributed by atoms with Crippen LogP contribution in [0.4, 0.5) is 4.39 Å². The van der Waals surface area contributed by atoms with Gasteiger partial charge in [0.2, 0.25) is 0 Å². The minimum Gasteiger partial charge on any atom is -0.297 e. The van der Waals surface area contributed by atoms with Gasteiger partial charge in [0.1, 0.15) is 11.4 Å². The Labute approximate surface area is 127 Å². The van der Waals surface area contributed by atoms with Gasteiger partial charge in [0.05, 0.1) is 6.21 Å². The van der Waals surface area contributed by atoms with E-state index in [0.29, 0.717) is 22.2 Å². The Balaban J connectivity index is 2.54. The average molecular weight is 424 g/mol. The Hall–Kier alpha value is -0.300. The molecule has 1 aromatic rings. The van der Waals surface area contributed by atoms with Crippen LogP contribution in [0.3, 0.4) is 0 Å². The van der Waals surface area contributed by atoms with Gasteiger partial charge < -0.3 is 0 Å². The lowest BCUT2D eigenvalue weighted by molar-refractivity contribution is -0.102. The van der Waals surface area contributed by atoms with E-state index in [1.165, 1.54) is 12.3 Å². The van der Waals surface area contributed by atoms with Crippen molar-refractivity contribution in [2.75, 3.05) is 4.43 Å². The Bertz CT molecular complexity index is 490. The van der Waals surface area contributed by atoms with Crippen LogP contribution in [0.2, 0.25) is 0 Å². The predicted molar refractivity (Wildman–Crippen MR) is 81.9 cm³/mol. The van der Waals surface area contributed by atoms with E-state index in [0.717, 1.165) is 17.3 Å². The van der Waals surface area contributed by atoms with E-state index < -0.39 is 5.54 Å². The molecule has 0 aromatic heterocycles. The molecule has 1 aromatic carbocycles. The largest absolute Gasteiger partial charge is 0.297 e. The van der Waals surface area contributed by atoms with Gasteiger partial charge in [0, 0.05) is 14.5 Å². The molecule has 2 rings (SSSR count). The number of halogens is 3. The van der Waals surface area contributed by atoms with Gasteiger partial charge in [-0.05, 0) is 37.0 Å². The molecule has 96 valence electrons. The van der Waals surface area contributed by atoms with Gasteiger partial charge in [-0.2, -0.15) is 0 Å². The molecular weight excluding hydrogens is 412 g/mol. The number of alkyl halides is 1. The van der Waals surface area contributed by atoms with Crippen LogP contribution in [0.1, 0.15) is 18.4 Å². The Morgan fingerprint density at radius 1 is 1.56 bits per heavy atom. The molecule has 0 spiro atoms. The zero-order chi connectivity index (χ0) is 13.2. The Morgan fingerprint density at radius 2 is 2.28 bits per heavy atom. The number of aliphatic imine (C=N–C) groups is 1. The molecule has 18 heavy (non-hydrogen) atoms. The molecule has 0 aliphatic heterocycles. The van der Waals surface area contributed by atoms with Crippen LogP contribution in [-0.2, 0) is 10.3 Å². The molecular formula is C13H12BrFINO. The highest BCUT2D eigenvalue weighted by Gasteiger charge is 2.47. The number of rotatable bonds is 5. The number of carbonyl (C=O) groups is 1. The Morgan fingerprint density at radius 3 is 2.83 bits per heavy atom. The average Bonchev–Trinajstić information content (AvgIpc) is 3.19. The first kappa shape index (κ1) is 14.1. The fourth-order valence-corrected chi connectivity index (χ4v) is 3.76. The fourth-order valence-electron chi connectivity index (χ4n) is 2.16. The lowest BCUT2D eigenvalue weighted by Gasteiger charge is -2.29. The van der Waals surface area contributed by atoms with Gasteiger partial charge in [-0.25, -0.2) is 4.39 Å². The van der Waals surface area contributed by atoms with Gasteiger partial charge in [0.25, 0.3) is 0 Å². The van der Waals surface area contributed by atoms with E-state index in [-0.39, 0.29) is 5.82 Å². The lowest BCUT2D eigenvalue weighted by Crippen LogP contribution is -2.30.